The summed E-state index contributed by atoms with van der Waals surface area (Å²) in [5.74, 6) is 0.761. The molecule has 2 aromatic carbocycles. The van der Waals surface area contributed by atoms with E-state index in [0.29, 0.717) is 0 Å². The topological polar surface area (TPSA) is 53.1 Å². The van der Waals surface area contributed by atoms with Crippen LogP contribution in [0.25, 0.3) is 21.8 Å². The maximum atomic E-state index is 4.75. The standard InChI is InChI=1S/C23H24N4/c1-5-17-7-6-8-19-18(12-24-23(17)19)13-25-27-21-11-15(3)20-10-14(2)9-16(4)22(20)26-21/h6-13,24H,5H2,1-4H3,(H,26,27)/b25-13+. The van der Waals surface area contributed by atoms with Crippen molar-refractivity contribution in [1.29, 1.82) is 0 Å². The molecule has 0 saturated carbocycles. The molecule has 4 heteroatoms. The van der Waals surface area contributed by atoms with Crippen molar-refractivity contribution in [1.82, 2.24) is 9.97 Å². The number of nitrogens with zero attached hydrogens (tertiary/aromatic N) is 2. The summed E-state index contributed by atoms with van der Waals surface area (Å²) in [4.78, 5) is 8.12. The first-order valence-corrected chi connectivity index (χ1v) is 9.33. The highest BCUT2D eigenvalue weighted by molar-refractivity contribution is 6.00. The minimum Gasteiger partial charge on any atom is -0.360 e. The van der Waals surface area contributed by atoms with Crippen molar-refractivity contribution in [2.75, 3.05) is 5.43 Å². The van der Waals surface area contributed by atoms with Crippen molar-refractivity contribution >= 4 is 33.8 Å². The molecule has 0 bridgehead atoms. The number of para-hydroxylation sites is 1. The molecule has 0 aliphatic heterocycles. The summed E-state index contributed by atoms with van der Waals surface area (Å²) in [5, 5.41) is 6.82. The van der Waals surface area contributed by atoms with Crippen LogP contribution in [0.2, 0.25) is 0 Å². The molecule has 2 heterocycles. The van der Waals surface area contributed by atoms with E-state index < -0.39 is 0 Å². The molecule has 0 fully saturated rings. The van der Waals surface area contributed by atoms with Gasteiger partial charge in [0.05, 0.1) is 11.7 Å². The number of nitrogens with one attached hydrogen (secondary N) is 2. The average molecular weight is 356 g/mol. The Morgan fingerprint density at radius 2 is 1.93 bits per heavy atom. The van der Waals surface area contributed by atoms with E-state index in [0.717, 1.165) is 23.3 Å². The molecule has 0 spiro atoms. The van der Waals surface area contributed by atoms with Crippen LogP contribution in [0.5, 0.6) is 0 Å². The second kappa shape index (κ2) is 6.88. The molecule has 0 amide bonds. The third-order valence-electron chi connectivity index (χ3n) is 5.05. The van der Waals surface area contributed by atoms with Gasteiger partial charge >= 0.3 is 0 Å². The summed E-state index contributed by atoms with van der Waals surface area (Å²) in [7, 11) is 0. The number of anilines is 1. The lowest BCUT2D eigenvalue weighted by molar-refractivity contribution is 1.15. The Bertz CT molecular complexity index is 1170. The summed E-state index contributed by atoms with van der Waals surface area (Å²) >= 11 is 0. The van der Waals surface area contributed by atoms with Crippen molar-refractivity contribution in [2.24, 2.45) is 5.10 Å². The first kappa shape index (κ1) is 17.3. The number of aromatic amines is 1. The molecule has 4 rings (SSSR count). The van der Waals surface area contributed by atoms with Gasteiger partial charge < -0.3 is 4.98 Å². The van der Waals surface area contributed by atoms with Gasteiger partial charge in [-0.25, -0.2) is 4.98 Å². The Kier molecular flexibility index (Phi) is 4.40. The normalized spacial score (nSPS) is 11.7. The smallest absolute Gasteiger partial charge is 0.147 e. The number of hydrazone groups is 1. The molecule has 4 nitrogen and oxygen atoms in total. The Morgan fingerprint density at radius 1 is 1.07 bits per heavy atom. The van der Waals surface area contributed by atoms with E-state index >= 15 is 0 Å². The number of hydrogen-bond donors (Lipinski definition) is 2. The summed E-state index contributed by atoms with van der Waals surface area (Å²) in [5.41, 5.74) is 11.3. The van der Waals surface area contributed by atoms with Gasteiger partial charge in [0.1, 0.15) is 5.82 Å². The van der Waals surface area contributed by atoms with Gasteiger partial charge in [-0.1, -0.05) is 36.8 Å². The number of hydrogen-bond acceptors (Lipinski definition) is 3. The van der Waals surface area contributed by atoms with Gasteiger partial charge in [-0.3, -0.25) is 5.43 Å². The van der Waals surface area contributed by atoms with Crippen LogP contribution in [0.3, 0.4) is 0 Å². The van der Waals surface area contributed by atoms with Gasteiger partial charge in [0, 0.05) is 28.0 Å². The van der Waals surface area contributed by atoms with Crippen molar-refractivity contribution in [3.05, 3.63) is 70.4 Å². The summed E-state index contributed by atoms with van der Waals surface area (Å²) in [6.45, 7) is 8.51. The lowest BCUT2D eigenvalue weighted by Gasteiger charge is -2.09. The highest BCUT2D eigenvalue weighted by Gasteiger charge is 2.07. The largest absolute Gasteiger partial charge is 0.360 e. The Morgan fingerprint density at radius 3 is 2.74 bits per heavy atom. The van der Waals surface area contributed by atoms with E-state index in [2.05, 4.69) is 73.5 Å². The number of fused-ring (bicyclic) bond motifs is 2. The highest BCUT2D eigenvalue weighted by Crippen LogP contribution is 2.25. The van der Waals surface area contributed by atoms with E-state index in [1.165, 1.54) is 38.5 Å². The zero-order valence-electron chi connectivity index (χ0n) is 16.2. The summed E-state index contributed by atoms with van der Waals surface area (Å²) < 4.78 is 0. The molecular weight excluding hydrogens is 332 g/mol. The number of pyridine rings is 1. The van der Waals surface area contributed by atoms with Gasteiger partial charge in [-0.05, 0) is 56.0 Å². The molecule has 27 heavy (non-hydrogen) atoms. The van der Waals surface area contributed by atoms with Crippen molar-refractivity contribution in [2.45, 2.75) is 34.1 Å². The second-order valence-electron chi connectivity index (χ2n) is 7.11. The molecule has 0 aliphatic carbocycles. The van der Waals surface area contributed by atoms with Crippen LogP contribution in [0, 0.1) is 20.8 Å². The molecule has 2 N–H and O–H groups in total. The Hall–Kier alpha value is -3.14. The Labute approximate surface area is 159 Å². The van der Waals surface area contributed by atoms with Gasteiger partial charge in [-0.15, -0.1) is 0 Å². The lowest BCUT2D eigenvalue weighted by atomic mass is 10.0. The van der Waals surface area contributed by atoms with Gasteiger partial charge in [0.25, 0.3) is 0 Å². The van der Waals surface area contributed by atoms with Crippen LogP contribution in [-0.4, -0.2) is 16.2 Å². The maximum Gasteiger partial charge on any atom is 0.147 e. The number of rotatable bonds is 4. The number of aromatic nitrogens is 2. The fourth-order valence-corrected chi connectivity index (χ4v) is 3.71. The van der Waals surface area contributed by atoms with E-state index in [1.54, 1.807) is 0 Å². The molecule has 2 aromatic heterocycles. The van der Waals surface area contributed by atoms with E-state index in [-0.39, 0.29) is 0 Å². The van der Waals surface area contributed by atoms with E-state index in [4.69, 9.17) is 4.98 Å². The SMILES string of the molecule is CCc1cccc2c(/C=N/Nc3cc(C)c4cc(C)cc(C)c4n3)c[nH]c12. The van der Waals surface area contributed by atoms with Gasteiger partial charge in [-0.2, -0.15) is 5.10 Å². The van der Waals surface area contributed by atoms with Crippen molar-refractivity contribution < 1.29 is 0 Å². The molecular formula is C23H24N4. The highest BCUT2D eigenvalue weighted by atomic mass is 15.3. The van der Waals surface area contributed by atoms with Crippen LogP contribution >= 0.6 is 0 Å². The third kappa shape index (κ3) is 3.19. The minimum absolute atomic E-state index is 0.761. The molecule has 0 aliphatic rings. The summed E-state index contributed by atoms with van der Waals surface area (Å²) in [6.07, 6.45) is 4.86. The van der Waals surface area contributed by atoms with E-state index in [1.807, 2.05) is 18.5 Å². The molecule has 136 valence electrons. The maximum absolute atomic E-state index is 4.75. The molecule has 0 saturated heterocycles. The fraction of sp³-hybridized carbons (Fsp3) is 0.217. The summed E-state index contributed by atoms with van der Waals surface area (Å²) in [6, 6.07) is 12.8. The monoisotopic (exact) mass is 356 g/mol. The van der Waals surface area contributed by atoms with Crippen LogP contribution in [-0.2, 0) is 6.42 Å². The molecule has 0 radical (unpaired) electrons. The predicted molar refractivity (Wildman–Crippen MR) is 115 cm³/mol. The zero-order valence-corrected chi connectivity index (χ0v) is 16.2. The number of benzene rings is 2. The second-order valence-corrected chi connectivity index (χ2v) is 7.11. The molecule has 4 aromatic rings. The predicted octanol–water partition coefficient (Wildman–Crippen LogP) is 5.65. The molecule has 0 atom stereocenters. The quantitative estimate of drug-likeness (QED) is 0.367. The van der Waals surface area contributed by atoms with Crippen molar-refractivity contribution in [3.63, 3.8) is 0 Å². The van der Waals surface area contributed by atoms with Crippen molar-refractivity contribution in [3.8, 4) is 0 Å². The van der Waals surface area contributed by atoms with Gasteiger partial charge in [0.15, 0.2) is 0 Å². The Balaban J connectivity index is 1.64. The minimum atomic E-state index is 0.761. The third-order valence-corrected chi connectivity index (χ3v) is 5.05. The van der Waals surface area contributed by atoms with Crippen LogP contribution in [0.1, 0.15) is 34.7 Å². The first-order chi connectivity index (χ1) is 13.1. The first-order valence-electron chi connectivity index (χ1n) is 9.33. The zero-order chi connectivity index (χ0) is 19.0. The fourth-order valence-electron chi connectivity index (χ4n) is 3.71. The van der Waals surface area contributed by atoms with Crippen LogP contribution < -0.4 is 5.43 Å². The van der Waals surface area contributed by atoms with Crippen LogP contribution in [0.15, 0.2) is 47.7 Å². The lowest BCUT2D eigenvalue weighted by Crippen LogP contribution is -1.97. The average Bonchev–Trinajstić information content (AvgIpc) is 3.06. The van der Waals surface area contributed by atoms with Gasteiger partial charge in [0.2, 0.25) is 0 Å². The number of aryl methyl sites for hydroxylation is 4. The molecule has 0 unspecified atom stereocenters. The van der Waals surface area contributed by atoms with E-state index in [9.17, 15) is 0 Å². The van der Waals surface area contributed by atoms with Crippen LogP contribution in [0.4, 0.5) is 5.82 Å². The number of H-pyrrole nitrogens is 1.